The number of para-hydroxylation sites is 1. The number of aliphatic carboxylic acids is 1. The smallest absolute Gasteiger partial charge is 0.303 e. The molecule has 1 aliphatic carbocycles. The number of carboxylic acids is 1. The number of aromatic nitrogens is 4. The van der Waals surface area contributed by atoms with Gasteiger partial charge in [0.15, 0.2) is 5.65 Å². The fourth-order valence-electron chi connectivity index (χ4n) is 4.73. The first-order valence-corrected chi connectivity index (χ1v) is 10.7. The van der Waals surface area contributed by atoms with Crippen LogP contribution in [0.3, 0.4) is 0 Å². The van der Waals surface area contributed by atoms with Gasteiger partial charge < -0.3 is 10.8 Å². The second-order valence-electron chi connectivity index (χ2n) is 8.37. The molecule has 160 valence electrons. The van der Waals surface area contributed by atoms with E-state index in [1.165, 1.54) is 4.52 Å². The van der Waals surface area contributed by atoms with E-state index in [1.54, 1.807) is 12.4 Å². The Labute approximate surface area is 184 Å². The van der Waals surface area contributed by atoms with Gasteiger partial charge in [-0.3, -0.25) is 9.78 Å². The first-order valence-electron chi connectivity index (χ1n) is 10.7. The lowest BCUT2D eigenvalue weighted by Crippen LogP contribution is -2.18. The summed E-state index contributed by atoms with van der Waals surface area (Å²) < 4.78 is 1.53. The maximum absolute atomic E-state index is 11.1. The first-order chi connectivity index (χ1) is 15.5. The Bertz CT molecular complexity index is 1380. The molecule has 1 fully saturated rings. The number of nitrogens with zero attached hydrogens (tertiary/aromatic N) is 5. The summed E-state index contributed by atoms with van der Waals surface area (Å²) in [5.41, 5.74) is 10.6. The molecule has 0 bridgehead atoms. The Hall–Kier alpha value is -3.99. The second-order valence-corrected chi connectivity index (χ2v) is 8.37. The van der Waals surface area contributed by atoms with Gasteiger partial charge in [-0.15, -0.1) is 0 Å². The Kier molecular flexibility index (Phi) is 4.94. The van der Waals surface area contributed by atoms with Crippen molar-refractivity contribution in [1.82, 2.24) is 19.6 Å². The molecular weight excluding hydrogens is 404 g/mol. The van der Waals surface area contributed by atoms with Gasteiger partial charge in [0.1, 0.15) is 5.82 Å². The molecule has 0 atom stereocenters. The van der Waals surface area contributed by atoms with Gasteiger partial charge in [-0.2, -0.15) is 5.10 Å². The number of carbonyl (C=O) groups is 1. The van der Waals surface area contributed by atoms with Crippen LogP contribution in [0.15, 0.2) is 42.7 Å². The highest BCUT2D eigenvalue weighted by molar-refractivity contribution is 5.87. The summed E-state index contributed by atoms with van der Waals surface area (Å²) >= 11 is 0. The summed E-state index contributed by atoms with van der Waals surface area (Å²) in [5.74, 6) is -0.219. The molecule has 0 aliphatic heterocycles. The van der Waals surface area contributed by atoms with Gasteiger partial charge in [-0.25, -0.2) is 14.3 Å². The number of anilines is 1. The summed E-state index contributed by atoms with van der Waals surface area (Å²) in [6, 6.07) is 9.96. The fourth-order valence-corrected chi connectivity index (χ4v) is 4.73. The minimum absolute atomic E-state index is 0.0777. The number of nitrogen functional groups attached to an aromatic ring is 1. The largest absolute Gasteiger partial charge is 0.481 e. The number of pyridine rings is 1. The number of hydrogen-bond acceptors (Lipinski definition) is 5. The predicted molar refractivity (Wildman–Crippen MR) is 121 cm³/mol. The van der Waals surface area contributed by atoms with Crippen molar-refractivity contribution >= 4 is 34.0 Å². The number of fused-ring (bicyclic) bond motifs is 2. The van der Waals surface area contributed by atoms with E-state index in [1.807, 2.05) is 24.3 Å². The van der Waals surface area contributed by atoms with E-state index in [4.69, 9.17) is 22.4 Å². The third-order valence-electron chi connectivity index (χ3n) is 6.39. The van der Waals surface area contributed by atoms with Gasteiger partial charge in [0.05, 0.1) is 24.0 Å². The van der Waals surface area contributed by atoms with Crippen molar-refractivity contribution in [2.75, 3.05) is 5.73 Å². The van der Waals surface area contributed by atoms with E-state index >= 15 is 0 Å². The summed E-state index contributed by atoms with van der Waals surface area (Å²) in [6.07, 6.45) is 6.92. The Balaban J connectivity index is 1.57. The summed E-state index contributed by atoms with van der Waals surface area (Å²) in [4.78, 5) is 24.2. The van der Waals surface area contributed by atoms with E-state index in [0.29, 0.717) is 17.0 Å². The SMILES string of the molecule is [C-]#[N+]c1c(C2CCC(CC(=O)O)CC2)nc2c(-c3cnc4ccccc4c3)cnn2c1N. The molecule has 0 amide bonds. The van der Waals surface area contributed by atoms with Crippen LogP contribution < -0.4 is 5.73 Å². The molecule has 3 aromatic heterocycles. The molecular formula is C24H22N6O2. The van der Waals surface area contributed by atoms with Crippen LogP contribution in [-0.4, -0.2) is 30.7 Å². The molecule has 0 radical (unpaired) electrons. The van der Waals surface area contributed by atoms with Crippen molar-refractivity contribution in [3.05, 3.63) is 59.8 Å². The predicted octanol–water partition coefficient (Wildman–Crippen LogP) is 4.83. The van der Waals surface area contributed by atoms with Gasteiger partial charge in [0.25, 0.3) is 0 Å². The highest BCUT2D eigenvalue weighted by Gasteiger charge is 2.29. The van der Waals surface area contributed by atoms with Gasteiger partial charge in [-0.1, -0.05) is 18.2 Å². The van der Waals surface area contributed by atoms with Gasteiger partial charge in [0.2, 0.25) is 5.69 Å². The van der Waals surface area contributed by atoms with Gasteiger partial charge in [0, 0.05) is 29.1 Å². The number of rotatable bonds is 4. The lowest BCUT2D eigenvalue weighted by molar-refractivity contribution is -0.138. The quantitative estimate of drug-likeness (QED) is 0.452. The van der Waals surface area contributed by atoms with Crippen LogP contribution in [-0.2, 0) is 4.79 Å². The summed E-state index contributed by atoms with van der Waals surface area (Å²) in [6.45, 7) is 7.69. The van der Waals surface area contributed by atoms with E-state index in [-0.39, 0.29) is 24.1 Å². The Morgan fingerprint density at radius 3 is 2.75 bits per heavy atom. The third kappa shape index (κ3) is 3.42. The Morgan fingerprint density at radius 1 is 1.22 bits per heavy atom. The fraction of sp³-hybridized carbons (Fsp3) is 0.292. The van der Waals surface area contributed by atoms with Crippen LogP contribution in [0.5, 0.6) is 0 Å². The number of nitrogens with two attached hydrogens (primary N) is 1. The molecule has 3 heterocycles. The van der Waals surface area contributed by atoms with Crippen molar-refractivity contribution in [3.8, 4) is 11.1 Å². The molecule has 1 saturated carbocycles. The van der Waals surface area contributed by atoms with Crippen LogP contribution >= 0.6 is 0 Å². The molecule has 5 rings (SSSR count). The minimum Gasteiger partial charge on any atom is -0.481 e. The topological polar surface area (TPSA) is 111 Å². The van der Waals surface area contributed by atoms with Crippen LogP contribution in [0, 0.1) is 12.5 Å². The lowest BCUT2D eigenvalue weighted by atomic mass is 9.79. The molecule has 0 saturated heterocycles. The zero-order valence-corrected chi connectivity index (χ0v) is 17.4. The molecule has 8 nitrogen and oxygen atoms in total. The normalized spacial score (nSPS) is 18.6. The summed E-state index contributed by atoms with van der Waals surface area (Å²) in [5, 5.41) is 14.5. The van der Waals surface area contributed by atoms with Crippen molar-refractivity contribution in [3.63, 3.8) is 0 Å². The third-order valence-corrected chi connectivity index (χ3v) is 6.39. The molecule has 4 aromatic rings. The van der Waals surface area contributed by atoms with E-state index < -0.39 is 5.97 Å². The maximum Gasteiger partial charge on any atom is 0.303 e. The monoisotopic (exact) mass is 426 g/mol. The molecule has 1 aliphatic rings. The zero-order valence-electron chi connectivity index (χ0n) is 17.4. The van der Waals surface area contributed by atoms with E-state index in [2.05, 4.69) is 21.0 Å². The Morgan fingerprint density at radius 2 is 2.00 bits per heavy atom. The average molecular weight is 426 g/mol. The first kappa shape index (κ1) is 19.9. The molecule has 32 heavy (non-hydrogen) atoms. The van der Waals surface area contributed by atoms with Crippen LogP contribution in [0.4, 0.5) is 11.5 Å². The highest BCUT2D eigenvalue weighted by Crippen LogP contribution is 2.42. The molecule has 1 aromatic carbocycles. The zero-order chi connectivity index (χ0) is 22.2. The van der Waals surface area contributed by atoms with Crippen molar-refractivity contribution in [2.45, 2.75) is 38.0 Å². The molecule has 8 heteroatoms. The van der Waals surface area contributed by atoms with Crippen LogP contribution in [0.1, 0.15) is 43.7 Å². The van der Waals surface area contributed by atoms with Crippen LogP contribution in [0.2, 0.25) is 0 Å². The molecule has 0 spiro atoms. The number of carboxylic acid groups (broad SMARTS) is 1. The minimum atomic E-state index is -0.757. The number of hydrogen-bond donors (Lipinski definition) is 2. The van der Waals surface area contributed by atoms with Crippen molar-refractivity contribution < 1.29 is 9.90 Å². The number of benzene rings is 1. The highest BCUT2D eigenvalue weighted by atomic mass is 16.4. The second kappa shape index (κ2) is 7.93. The van der Waals surface area contributed by atoms with Crippen molar-refractivity contribution in [2.24, 2.45) is 5.92 Å². The summed E-state index contributed by atoms with van der Waals surface area (Å²) in [7, 11) is 0. The molecule has 0 unspecified atom stereocenters. The van der Waals surface area contributed by atoms with E-state index in [9.17, 15) is 4.79 Å². The molecule has 3 N–H and O–H groups in total. The van der Waals surface area contributed by atoms with E-state index in [0.717, 1.165) is 47.7 Å². The van der Waals surface area contributed by atoms with Crippen molar-refractivity contribution in [1.29, 1.82) is 0 Å². The standard InChI is InChI=1S/C24H22N6O2/c1-26-22-21(15-8-6-14(7-9-15)10-20(31)32)29-24-18(13-28-30(24)23(22)25)17-11-16-4-2-3-5-19(16)27-12-17/h2-5,11-15H,6-10,25H2,(H,31,32). The van der Waals surface area contributed by atoms with Gasteiger partial charge in [-0.05, 0) is 49.7 Å². The van der Waals surface area contributed by atoms with Crippen LogP contribution in [0.25, 0.3) is 32.5 Å². The maximum atomic E-state index is 11.1. The average Bonchev–Trinajstić information content (AvgIpc) is 3.23. The van der Waals surface area contributed by atoms with Gasteiger partial charge >= 0.3 is 5.97 Å². The lowest BCUT2D eigenvalue weighted by Gasteiger charge is -2.28.